The molecule has 11 heavy (non-hydrogen) atoms. The van der Waals surface area contributed by atoms with E-state index in [0.717, 1.165) is 11.8 Å². The summed E-state index contributed by atoms with van der Waals surface area (Å²) in [5.74, 6) is 1.57. The van der Waals surface area contributed by atoms with Crippen molar-refractivity contribution in [3.05, 3.63) is 11.6 Å². The molecular weight excluding hydrogens is 152 g/mol. The van der Waals surface area contributed by atoms with Crippen LogP contribution in [0.5, 0.6) is 0 Å². The Morgan fingerprint density at radius 1 is 1.55 bits per heavy atom. The van der Waals surface area contributed by atoms with Crippen LogP contribution >= 0.6 is 12.6 Å². The average Bonchev–Trinajstić information content (AvgIpc) is 1.85. The fourth-order valence-electron chi connectivity index (χ4n) is 1.79. The first-order valence-electron chi connectivity index (χ1n) is 4.46. The van der Waals surface area contributed by atoms with E-state index in [0.29, 0.717) is 5.25 Å². The van der Waals surface area contributed by atoms with Crippen LogP contribution in [-0.2, 0) is 0 Å². The van der Waals surface area contributed by atoms with E-state index in [4.69, 9.17) is 0 Å². The van der Waals surface area contributed by atoms with E-state index in [1.165, 1.54) is 18.4 Å². The van der Waals surface area contributed by atoms with E-state index in [1.54, 1.807) is 0 Å². The van der Waals surface area contributed by atoms with Crippen LogP contribution in [0, 0.1) is 11.8 Å². The van der Waals surface area contributed by atoms with E-state index in [1.807, 2.05) is 0 Å². The summed E-state index contributed by atoms with van der Waals surface area (Å²) in [6, 6.07) is 0. The van der Waals surface area contributed by atoms with Gasteiger partial charge in [0.05, 0.1) is 0 Å². The second kappa shape index (κ2) is 3.66. The third kappa shape index (κ3) is 2.26. The van der Waals surface area contributed by atoms with Crippen molar-refractivity contribution in [2.45, 2.75) is 38.9 Å². The Bertz CT molecular complexity index is 158. The lowest BCUT2D eigenvalue weighted by Gasteiger charge is -2.29. The predicted octanol–water partition coefficient (Wildman–Crippen LogP) is 3.30. The molecule has 0 saturated carbocycles. The highest BCUT2D eigenvalue weighted by molar-refractivity contribution is 7.81. The summed E-state index contributed by atoms with van der Waals surface area (Å²) in [7, 11) is 0. The zero-order valence-electron chi connectivity index (χ0n) is 7.67. The minimum atomic E-state index is 0.503. The van der Waals surface area contributed by atoms with Gasteiger partial charge >= 0.3 is 0 Å². The van der Waals surface area contributed by atoms with Gasteiger partial charge in [0.2, 0.25) is 0 Å². The lowest BCUT2D eigenvalue weighted by Crippen LogP contribution is -2.22. The Morgan fingerprint density at radius 2 is 2.18 bits per heavy atom. The fraction of sp³-hybridized carbons (Fsp3) is 0.800. The van der Waals surface area contributed by atoms with Crippen molar-refractivity contribution in [1.29, 1.82) is 0 Å². The zero-order valence-corrected chi connectivity index (χ0v) is 8.57. The highest BCUT2D eigenvalue weighted by Crippen LogP contribution is 2.32. The van der Waals surface area contributed by atoms with Crippen LogP contribution in [0.15, 0.2) is 11.6 Å². The second-order valence-corrected chi connectivity index (χ2v) is 4.55. The molecule has 0 radical (unpaired) electrons. The molecule has 1 heteroatoms. The molecule has 1 rings (SSSR count). The van der Waals surface area contributed by atoms with E-state index in [-0.39, 0.29) is 0 Å². The van der Waals surface area contributed by atoms with Crippen LogP contribution < -0.4 is 0 Å². The first kappa shape index (κ1) is 9.18. The Balaban J connectivity index is 2.60. The summed E-state index contributed by atoms with van der Waals surface area (Å²) >= 11 is 4.58. The van der Waals surface area contributed by atoms with Crippen molar-refractivity contribution >= 4 is 12.6 Å². The molecule has 0 aromatic rings. The largest absolute Gasteiger partial charge is 0.171 e. The topological polar surface area (TPSA) is 0 Å². The maximum absolute atomic E-state index is 4.58. The molecule has 0 nitrogen and oxygen atoms in total. The van der Waals surface area contributed by atoms with Crippen molar-refractivity contribution in [1.82, 2.24) is 0 Å². The summed E-state index contributed by atoms with van der Waals surface area (Å²) in [4.78, 5) is 0. The van der Waals surface area contributed by atoms with Crippen LogP contribution in [0.2, 0.25) is 0 Å². The minimum Gasteiger partial charge on any atom is -0.171 e. The number of hydrogen-bond acceptors (Lipinski definition) is 1. The third-order valence-electron chi connectivity index (χ3n) is 2.62. The SMILES string of the molecule is CC1=CC(S)C(C(C)C)CC1. The highest BCUT2D eigenvalue weighted by Gasteiger charge is 2.22. The molecule has 0 aliphatic heterocycles. The number of rotatable bonds is 1. The fourth-order valence-corrected chi connectivity index (χ4v) is 2.54. The van der Waals surface area contributed by atoms with Crippen LogP contribution in [0.25, 0.3) is 0 Å². The summed E-state index contributed by atoms with van der Waals surface area (Å²) in [6.45, 7) is 6.80. The van der Waals surface area contributed by atoms with Crippen molar-refractivity contribution in [2.75, 3.05) is 0 Å². The quantitative estimate of drug-likeness (QED) is 0.453. The van der Waals surface area contributed by atoms with Gasteiger partial charge in [0, 0.05) is 5.25 Å². The normalized spacial score (nSPS) is 32.3. The first-order valence-corrected chi connectivity index (χ1v) is 4.98. The maximum Gasteiger partial charge on any atom is 0.0230 e. The third-order valence-corrected chi connectivity index (χ3v) is 3.15. The Labute approximate surface area is 75.5 Å². The molecular formula is C10H18S. The van der Waals surface area contributed by atoms with E-state index >= 15 is 0 Å². The summed E-state index contributed by atoms with van der Waals surface area (Å²) in [6.07, 6.45) is 4.92. The standard InChI is InChI=1S/C10H18S/c1-7(2)9-5-4-8(3)6-10(9)11/h6-7,9-11H,4-5H2,1-3H3. The average molecular weight is 170 g/mol. The molecule has 0 spiro atoms. The molecule has 1 aliphatic rings. The van der Waals surface area contributed by atoms with Crippen molar-refractivity contribution < 1.29 is 0 Å². The lowest BCUT2D eigenvalue weighted by molar-refractivity contribution is 0.360. The zero-order chi connectivity index (χ0) is 8.43. The summed E-state index contributed by atoms with van der Waals surface area (Å²) in [5.41, 5.74) is 1.52. The molecule has 0 bridgehead atoms. The van der Waals surface area contributed by atoms with E-state index < -0.39 is 0 Å². The van der Waals surface area contributed by atoms with Gasteiger partial charge in [-0.3, -0.25) is 0 Å². The van der Waals surface area contributed by atoms with Crippen LogP contribution in [-0.4, -0.2) is 5.25 Å². The smallest absolute Gasteiger partial charge is 0.0230 e. The molecule has 2 unspecified atom stereocenters. The Morgan fingerprint density at radius 3 is 2.64 bits per heavy atom. The van der Waals surface area contributed by atoms with Crippen molar-refractivity contribution in [2.24, 2.45) is 11.8 Å². The van der Waals surface area contributed by atoms with Gasteiger partial charge < -0.3 is 0 Å². The minimum absolute atomic E-state index is 0.503. The molecule has 0 amide bonds. The molecule has 0 saturated heterocycles. The van der Waals surface area contributed by atoms with Crippen LogP contribution in [0.4, 0.5) is 0 Å². The van der Waals surface area contributed by atoms with E-state index in [9.17, 15) is 0 Å². The molecule has 2 atom stereocenters. The first-order chi connectivity index (χ1) is 5.11. The Kier molecular flexibility index (Phi) is 3.06. The molecule has 0 heterocycles. The number of thiol groups is 1. The predicted molar refractivity (Wildman–Crippen MR) is 54.1 cm³/mol. The maximum atomic E-state index is 4.58. The molecule has 0 N–H and O–H groups in total. The number of allylic oxidation sites excluding steroid dienone is 1. The van der Waals surface area contributed by atoms with Gasteiger partial charge in [-0.2, -0.15) is 12.6 Å². The lowest BCUT2D eigenvalue weighted by atomic mass is 9.82. The van der Waals surface area contributed by atoms with Gasteiger partial charge in [0.15, 0.2) is 0 Å². The van der Waals surface area contributed by atoms with Gasteiger partial charge in [-0.05, 0) is 31.6 Å². The molecule has 0 aromatic carbocycles. The highest BCUT2D eigenvalue weighted by atomic mass is 32.1. The van der Waals surface area contributed by atoms with Crippen molar-refractivity contribution in [3.8, 4) is 0 Å². The number of hydrogen-bond donors (Lipinski definition) is 1. The summed E-state index contributed by atoms with van der Waals surface area (Å²) < 4.78 is 0. The van der Waals surface area contributed by atoms with E-state index in [2.05, 4.69) is 39.5 Å². The molecule has 0 fully saturated rings. The van der Waals surface area contributed by atoms with Gasteiger partial charge in [-0.25, -0.2) is 0 Å². The molecule has 1 aliphatic carbocycles. The van der Waals surface area contributed by atoms with Gasteiger partial charge in [0.1, 0.15) is 0 Å². The summed E-state index contributed by atoms with van der Waals surface area (Å²) in [5, 5.41) is 0.503. The Hall–Kier alpha value is 0.0900. The second-order valence-electron chi connectivity index (χ2n) is 3.95. The molecule has 64 valence electrons. The van der Waals surface area contributed by atoms with Gasteiger partial charge in [-0.15, -0.1) is 0 Å². The van der Waals surface area contributed by atoms with Gasteiger partial charge in [-0.1, -0.05) is 25.5 Å². The monoisotopic (exact) mass is 170 g/mol. The molecule has 0 aromatic heterocycles. The van der Waals surface area contributed by atoms with Gasteiger partial charge in [0.25, 0.3) is 0 Å². The van der Waals surface area contributed by atoms with Crippen LogP contribution in [0.3, 0.4) is 0 Å². The van der Waals surface area contributed by atoms with Crippen molar-refractivity contribution in [3.63, 3.8) is 0 Å². The van der Waals surface area contributed by atoms with Crippen LogP contribution in [0.1, 0.15) is 33.6 Å².